The van der Waals surface area contributed by atoms with E-state index in [2.05, 4.69) is 36.3 Å². The third kappa shape index (κ3) is 0.845. The minimum atomic E-state index is 0.579. The molecule has 0 aromatic heterocycles. The molecule has 2 atom stereocenters. The highest BCUT2D eigenvalue weighted by atomic mass is 15.2. The molecule has 0 bridgehead atoms. The second kappa shape index (κ2) is 2.63. The van der Waals surface area contributed by atoms with E-state index < -0.39 is 0 Å². The van der Waals surface area contributed by atoms with Crippen LogP contribution in [0.15, 0.2) is 23.4 Å². The summed E-state index contributed by atoms with van der Waals surface area (Å²) >= 11 is 0. The van der Waals surface area contributed by atoms with Gasteiger partial charge in [0, 0.05) is 25.2 Å². The number of hydrogen-bond donors (Lipinski definition) is 1. The monoisotopic (exact) mass is 164 g/mol. The third-order valence-electron chi connectivity index (χ3n) is 2.98. The molecule has 0 radical (unpaired) electrons. The summed E-state index contributed by atoms with van der Waals surface area (Å²) in [6, 6.07) is 0.579. The summed E-state index contributed by atoms with van der Waals surface area (Å²) in [6.07, 6.45) is 4.51. The molecule has 0 aromatic carbocycles. The van der Waals surface area contributed by atoms with Crippen LogP contribution in [0.4, 0.5) is 0 Å². The number of hydrogen-bond acceptors (Lipinski definition) is 2. The zero-order chi connectivity index (χ0) is 8.72. The third-order valence-corrected chi connectivity index (χ3v) is 2.98. The molecule has 0 saturated carbocycles. The molecule has 0 aromatic rings. The van der Waals surface area contributed by atoms with Gasteiger partial charge in [0.2, 0.25) is 0 Å². The summed E-state index contributed by atoms with van der Waals surface area (Å²) in [4.78, 5) is 2.33. The first kappa shape index (κ1) is 7.87. The molecule has 0 spiro atoms. The molecule has 0 saturated heterocycles. The van der Waals surface area contributed by atoms with Gasteiger partial charge in [-0.05, 0) is 12.6 Å². The Morgan fingerprint density at radius 3 is 3.00 bits per heavy atom. The Hall–Kier alpha value is -0.760. The van der Waals surface area contributed by atoms with Crippen LogP contribution in [0.1, 0.15) is 6.92 Å². The predicted molar refractivity (Wildman–Crippen MR) is 50.8 cm³/mol. The first-order valence-electron chi connectivity index (χ1n) is 4.54. The number of likely N-dealkylation sites (N-methyl/N-ethyl adjacent to an activating group) is 2. The maximum absolute atomic E-state index is 3.35. The summed E-state index contributed by atoms with van der Waals surface area (Å²) in [7, 11) is 4.20. The number of nitrogens with one attached hydrogen (secondary N) is 1. The lowest BCUT2D eigenvalue weighted by Crippen LogP contribution is -2.50. The van der Waals surface area contributed by atoms with Crippen LogP contribution < -0.4 is 5.32 Å². The van der Waals surface area contributed by atoms with E-state index in [9.17, 15) is 0 Å². The van der Waals surface area contributed by atoms with E-state index in [0.29, 0.717) is 12.0 Å². The van der Waals surface area contributed by atoms with Gasteiger partial charge in [-0.15, -0.1) is 0 Å². The molecule has 1 aliphatic carbocycles. The molecule has 2 aliphatic rings. The number of nitrogens with zero attached hydrogens (tertiary/aromatic N) is 1. The van der Waals surface area contributed by atoms with E-state index in [1.807, 2.05) is 7.05 Å². The molecule has 0 unspecified atom stereocenters. The van der Waals surface area contributed by atoms with Crippen LogP contribution in [-0.4, -0.2) is 31.6 Å². The summed E-state index contributed by atoms with van der Waals surface area (Å²) in [5.74, 6) is 0.684. The van der Waals surface area contributed by atoms with E-state index in [0.717, 1.165) is 6.54 Å². The maximum atomic E-state index is 3.35. The average molecular weight is 164 g/mol. The van der Waals surface area contributed by atoms with Gasteiger partial charge in [0.05, 0.1) is 6.04 Å². The maximum Gasteiger partial charge on any atom is 0.0539 e. The van der Waals surface area contributed by atoms with Crippen molar-refractivity contribution in [3.63, 3.8) is 0 Å². The van der Waals surface area contributed by atoms with Gasteiger partial charge in [-0.1, -0.05) is 19.1 Å². The van der Waals surface area contributed by atoms with Crippen LogP contribution in [0.25, 0.3) is 0 Å². The van der Waals surface area contributed by atoms with Gasteiger partial charge in [-0.2, -0.15) is 0 Å². The molecular weight excluding hydrogens is 148 g/mol. The highest BCUT2D eigenvalue weighted by Crippen LogP contribution is 2.38. The van der Waals surface area contributed by atoms with Crippen LogP contribution in [0.2, 0.25) is 0 Å². The van der Waals surface area contributed by atoms with Crippen molar-refractivity contribution in [2.75, 3.05) is 20.6 Å². The number of rotatable bonds is 1. The topological polar surface area (TPSA) is 15.3 Å². The Balaban J connectivity index is 2.29. The van der Waals surface area contributed by atoms with Crippen molar-refractivity contribution in [1.82, 2.24) is 10.2 Å². The van der Waals surface area contributed by atoms with Crippen molar-refractivity contribution >= 4 is 0 Å². The molecule has 66 valence electrons. The fourth-order valence-electron chi connectivity index (χ4n) is 2.25. The summed E-state index contributed by atoms with van der Waals surface area (Å²) in [5.41, 5.74) is 3.01. The molecule has 2 rings (SSSR count). The molecule has 2 heteroatoms. The molecule has 0 fully saturated rings. The van der Waals surface area contributed by atoms with Gasteiger partial charge in [0.1, 0.15) is 0 Å². The van der Waals surface area contributed by atoms with Gasteiger partial charge in [0.15, 0.2) is 0 Å². The van der Waals surface area contributed by atoms with Crippen molar-refractivity contribution in [1.29, 1.82) is 0 Å². The average Bonchev–Trinajstić information content (AvgIpc) is 2.07. The Bertz CT molecular complexity index is 253. The second-order valence-corrected chi connectivity index (χ2v) is 3.68. The molecule has 1 heterocycles. The SMILES string of the molecule is CN[C@H]1C2=C(C=CCN2C)[C@H]1C. The first-order valence-corrected chi connectivity index (χ1v) is 4.54. The smallest absolute Gasteiger partial charge is 0.0539 e. The molecule has 2 nitrogen and oxygen atoms in total. The summed E-state index contributed by atoms with van der Waals surface area (Å²) < 4.78 is 0. The highest BCUT2D eigenvalue weighted by Gasteiger charge is 2.37. The number of allylic oxidation sites excluding steroid dienone is 1. The lowest BCUT2D eigenvalue weighted by molar-refractivity contribution is 0.303. The van der Waals surface area contributed by atoms with Crippen molar-refractivity contribution in [2.45, 2.75) is 13.0 Å². The van der Waals surface area contributed by atoms with E-state index in [1.165, 1.54) is 11.3 Å². The minimum absolute atomic E-state index is 0.579. The Kier molecular flexibility index (Phi) is 1.72. The molecule has 1 N–H and O–H groups in total. The normalized spacial score (nSPS) is 33.4. The van der Waals surface area contributed by atoms with E-state index in [1.54, 1.807) is 0 Å². The fraction of sp³-hybridized carbons (Fsp3) is 0.600. The van der Waals surface area contributed by atoms with Gasteiger partial charge >= 0.3 is 0 Å². The van der Waals surface area contributed by atoms with Crippen LogP contribution in [0, 0.1) is 5.92 Å². The summed E-state index contributed by atoms with van der Waals surface area (Å²) in [5, 5.41) is 3.35. The van der Waals surface area contributed by atoms with Gasteiger partial charge in [-0.3, -0.25) is 0 Å². The lowest BCUT2D eigenvalue weighted by Gasteiger charge is -2.45. The Morgan fingerprint density at radius 1 is 1.58 bits per heavy atom. The lowest BCUT2D eigenvalue weighted by atomic mass is 9.75. The van der Waals surface area contributed by atoms with E-state index >= 15 is 0 Å². The zero-order valence-corrected chi connectivity index (χ0v) is 7.96. The van der Waals surface area contributed by atoms with Crippen LogP contribution in [0.5, 0.6) is 0 Å². The van der Waals surface area contributed by atoms with Gasteiger partial charge in [-0.25, -0.2) is 0 Å². The zero-order valence-electron chi connectivity index (χ0n) is 7.96. The second-order valence-electron chi connectivity index (χ2n) is 3.68. The van der Waals surface area contributed by atoms with Gasteiger partial charge in [0.25, 0.3) is 0 Å². The summed E-state index contributed by atoms with van der Waals surface area (Å²) in [6.45, 7) is 3.34. The minimum Gasteiger partial charge on any atom is -0.373 e. The quantitative estimate of drug-likeness (QED) is 0.621. The largest absolute Gasteiger partial charge is 0.373 e. The van der Waals surface area contributed by atoms with Gasteiger partial charge < -0.3 is 10.2 Å². The predicted octanol–water partition coefficient (Wildman–Crippen LogP) is 0.980. The van der Waals surface area contributed by atoms with Crippen molar-refractivity contribution < 1.29 is 0 Å². The van der Waals surface area contributed by atoms with Crippen molar-refractivity contribution in [3.8, 4) is 0 Å². The Labute approximate surface area is 73.9 Å². The van der Waals surface area contributed by atoms with Crippen molar-refractivity contribution in [2.24, 2.45) is 5.92 Å². The fourth-order valence-corrected chi connectivity index (χ4v) is 2.25. The molecule has 12 heavy (non-hydrogen) atoms. The van der Waals surface area contributed by atoms with E-state index in [-0.39, 0.29) is 0 Å². The molecule has 1 aliphatic heterocycles. The Morgan fingerprint density at radius 2 is 2.33 bits per heavy atom. The first-order chi connectivity index (χ1) is 5.75. The van der Waals surface area contributed by atoms with E-state index in [4.69, 9.17) is 0 Å². The highest BCUT2D eigenvalue weighted by molar-refractivity contribution is 5.44. The van der Waals surface area contributed by atoms with Crippen LogP contribution in [0.3, 0.4) is 0 Å². The molecular formula is C10H16N2. The van der Waals surface area contributed by atoms with Crippen molar-refractivity contribution in [3.05, 3.63) is 23.4 Å². The standard InChI is InChI=1S/C10H16N2/c1-7-8-5-4-6-12(3)10(8)9(7)11-2/h4-5,7,9,11H,6H2,1-3H3/t7-,9-/m1/s1. The van der Waals surface area contributed by atoms with Crippen LogP contribution in [-0.2, 0) is 0 Å². The molecule has 0 amide bonds. The van der Waals surface area contributed by atoms with Crippen LogP contribution >= 0.6 is 0 Å².